The molecule has 4 nitrogen and oxygen atoms in total. The average molecular weight is 371 g/mol. The molecule has 138 valence electrons. The number of hydrogen-bond acceptors (Lipinski definition) is 4. The van der Waals surface area contributed by atoms with Crippen LogP contribution >= 0.6 is 11.3 Å². The van der Waals surface area contributed by atoms with Crippen molar-refractivity contribution in [3.05, 3.63) is 58.3 Å². The van der Waals surface area contributed by atoms with Crippen LogP contribution in [0.1, 0.15) is 40.9 Å². The van der Waals surface area contributed by atoms with Gasteiger partial charge in [0.05, 0.1) is 0 Å². The highest BCUT2D eigenvalue weighted by atomic mass is 32.1. The topological polar surface area (TPSA) is 49.4 Å². The highest BCUT2D eigenvalue weighted by Crippen LogP contribution is 2.20. The number of amides is 1. The summed E-state index contributed by atoms with van der Waals surface area (Å²) >= 11 is 1.81. The second kappa shape index (κ2) is 9.64. The van der Waals surface area contributed by atoms with Crippen LogP contribution < -0.4 is 5.32 Å². The van der Waals surface area contributed by atoms with Crippen molar-refractivity contribution in [3.63, 3.8) is 0 Å². The van der Waals surface area contributed by atoms with Gasteiger partial charge in [0.2, 0.25) is 5.91 Å². The van der Waals surface area contributed by atoms with Crippen molar-refractivity contribution in [2.75, 3.05) is 19.6 Å². The first-order chi connectivity index (χ1) is 12.7. The standard InChI is InChI=1S/C21H26N2O2S/c24-20(18-5-2-1-3-6-18)8-9-21(25)22-15-17-10-12-23(13-11-17)16-19-7-4-14-26-19/h1-7,14,17H,8-13,15-16H2,(H,22,25). The van der Waals surface area contributed by atoms with Gasteiger partial charge in [-0.2, -0.15) is 0 Å². The molecule has 0 atom stereocenters. The predicted molar refractivity (Wildman–Crippen MR) is 105 cm³/mol. The number of carbonyl (C=O) groups is 2. The zero-order chi connectivity index (χ0) is 18.2. The quantitative estimate of drug-likeness (QED) is 0.720. The van der Waals surface area contributed by atoms with Crippen LogP contribution in [0.25, 0.3) is 0 Å². The van der Waals surface area contributed by atoms with Gasteiger partial charge in [-0.1, -0.05) is 36.4 Å². The van der Waals surface area contributed by atoms with Gasteiger partial charge in [-0.3, -0.25) is 14.5 Å². The summed E-state index contributed by atoms with van der Waals surface area (Å²) in [6.07, 6.45) is 2.78. The van der Waals surface area contributed by atoms with E-state index in [1.807, 2.05) is 29.5 Å². The molecule has 0 aliphatic carbocycles. The fourth-order valence-corrected chi connectivity index (χ4v) is 4.06. The number of benzene rings is 1. The maximum atomic E-state index is 12.0. The number of carbonyl (C=O) groups excluding carboxylic acids is 2. The largest absolute Gasteiger partial charge is 0.356 e. The fraction of sp³-hybridized carbons (Fsp3) is 0.429. The highest BCUT2D eigenvalue weighted by Gasteiger charge is 2.20. The van der Waals surface area contributed by atoms with Crippen molar-refractivity contribution < 1.29 is 9.59 Å². The highest BCUT2D eigenvalue weighted by molar-refractivity contribution is 7.09. The average Bonchev–Trinajstić information content (AvgIpc) is 3.19. The molecule has 2 aromatic rings. The van der Waals surface area contributed by atoms with Gasteiger partial charge in [-0.25, -0.2) is 0 Å². The number of thiophene rings is 1. The minimum absolute atomic E-state index is 0.0182. The van der Waals surface area contributed by atoms with E-state index in [1.54, 1.807) is 12.1 Å². The summed E-state index contributed by atoms with van der Waals surface area (Å²) in [5, 5.41) is 5.14. The summed E-state index contributed by atoms with van der Waals surface area (Å²) in [6, 6.07) is 13.5. The van der Waals surface area contributed by atoms with E-state index >= 15 is 0 Å². The monoisotopic (exact) mass is 370 g/mol. The molecule has 1 aromatic heterocycles. The van der Waals surface area contributed by atoms with Crippen LogP contribution in [0.2, 0.25) is 0 Å². The zero-order valence-electron chi connectivity index (χ0n) is 15.0. The van der Waals surface area contributed by atoms with Gasteiger partial charge in [-0.05, 0) is 43.3 Å². The van der Waals surface area contributed by atoms with Gasteiger partial charge in [0.1, 0.15) is 0 Å². The van der Waals surface area contributed by atoms with Crippen molar-refractivity contribution in [2.24, 2.45) is 5.92 Å². The molecule has 0 bridgehead atoms. The number of likely N-dealkylation sites (tertiary alicyclic amines) is 1. The third-order valence-electron chi connectivity index (χ3n) is 4.93. The molecule has 1 amide bonds. The van der Waals surface area contributed by atoms with Crippen LogP contribution in [0, 0.1) is 5.92 Å². The van der Waals surface area contributed by atoms with Crippen LogP contribution in [-0.4, -0.2) is 36.2 Å². The molecule has 0 saturated carbocycles. The lowest BCUT2D eigenvalue weighted by molar-refractivity contribution is -0.121. The molecular formula is C21H26N2O2S. The van der Waals surface area contributed by atoms with E-state index in [4.69, 9.17) is 0 Å². The molecule has 1 fully saturated rings. The summed E-state index contributed by atoms with van der Waals surface area (Å²) in [4.78, 5) is 28.0. The molecule has 2 heterocycles. The Bertz CT molecular complexity index is 692. The molecule has 0 radical (unpaired) electrons. The Balaban J connectivity index is 1.31. The van der Waals surface area contributed by atoms with Gasteiger partial charge < -0.3 is 5.32 Å². The Kier molecular flexibility index (Phi) is 6.97. The number of nitrogens with zero attached hydrogens (tertiary/aromatic N) is 1. The predicted octanol–water partition coefficient (Wildman–Crippen LogP) is 3.74. The second-order valence-corrected chi connectivity index (χ2v) is 7.92. The minimum atomic E-state index is -0.0182. The smallest absolute Gasteiger partial charge is 0.220 e. The van der Waals surface area contributed by atoms with Crippen LogP contribution in [0.4, 0.5) is 0 Å². The van der Waals surface area contributed by atoms with Crippen molar-refractivity contribution in [3.8, 4) is 0 Å². The lowest BCUT2D eigenvalue weighted by Gasteiger charge is -2.31. The van der Waals surface area contributed by atoms with Crippen molar-refractivity contribution >= 4 is 23.0 Å². The summed E-state index contributed by atoms with van der Waals surface area (Å²) in [7, 11) is 0. The molecule has 5 heteroatoms. The Morgan fingerprint density at radius 2 is 1.81 bits per heavy atom. The SMILES string of the molecule is O=C(CCC(=O)c1ccccc1)NCC1CCN(Cc2cccs2)CC1. The first-order valence-electron chi connectivity index (χ1n) is 9.30. The summed E-state index contributed by atoms with van der Waals surface area (Å²) in [6.45, 7) is 3.94. The molecule has 1 aromatic carbocycles. The van der Waals surface area contributed by atoms with Gasteiger partial charge in [0.25, 0.3) is 0 Å². The molecule has 1 aliphatic heterocycles. The molecule has 1 aliphatic rings. The number of Topliss-reactive ketones (excluding diaryl/α,β-unsaturated/α-hetero) is 1. The fourth-order valence-electron chi connectivity index (χ4n) is 3.31. The van der Waals surface area contributed by atoms with Crippen molar-refractivity contribution in [1.82, 2.24) is 10.2 Å². The van der Waals surface area contributed by atoms with E-state index in [2.05, 4.69) is 27.7 Å². The zero-order valence-corrected chi connectivity index (χ0v) is 15.8. The normalized spacial score (nSPS) is 15.7. The van der Waals surface area contributed by atoms with Crippen LogP contribution in [0.3, 0.4) is 0 Å². The van der Waals surface area contributed by atoms with E-state index in [-0.39, 0.29) is 24.5 Å². The van der Waals surface area contributed by atoms with E-state index in [1.165, 1.54) is 4.88 Å². The summed E-state index contributed by atoms with van der Waals surface area (Å²) < 4.78 is 0. The Labute approximate surface area is 159 Å². The summed E-state index contributed by atoms with van der Waals surface area (Å²) in [5.74, 6) is 0.557. The van der Waals surface area contributed by atoms with Gasteiger partial charge in [0, 0.05) is 36.4 Å². The molecule has 3 rings (SSSR count). The number of hydrogen-bond donors (Lipinski definition) is 1. The number of nitrogens with one attached hydrogen (secondary N) is 1. The van der Waals surface area contributed by atoms with E-state index in [0.29, 0.717) is 11.5 Å². The lowest BCUT2D eigenvalue weighted by atomic mass is 9.96. The third kappa shape index (κ3) is 5.78. The Hall–Kier alpha value is -1.98. The lowest BCUT2D eigenvalue weighted by Crippen LogP contribution is -2.38. The first-order valence-corrected chi connectivity index (χ1v) is 10.2. The number of piperidine rings is 1. The van der Waals surface area contributed by atoms with Crippen LogP contribution in [0.5, 0.6) is 0 Å². The maximum absolute atomic E-state index is 12.0. The van der Waals surface area contributed by atoms with Crippen LogP contribution in [-0.2, 0) is 11.3 Å². The molecule has 26 heavy (non-hydrogen) atoms. The first kappa shape index (κ1) is 18.8. The Morgan fingerprint density at radius 1 is 1.04 bits per heavy atom. The van der Waals surface area contributed by atoms with E-state index < -0.39 is 0 Å². The van der Waals surface area contributed by atoms with E-state index in [0.717, 1.165) is 39.0 Å². The van der Waals surface area contributed by atoms with Gasteiger partial charge in [0.15, 0.2) is 5.78 Å². The third-order valence-corrected chi connectivity index (χ3v) is 5.79. The molecule has 0 spiro atoms. The van der Waals surface area contributed by atoms with Gasteiger partial charge >= 0.3 is 0 Å². The van der Waals surface area contributed by atoms with Crippen molar-refractivity contribution in [2.45, 2.75) is 32.2 Å². The van der Waals surface area contributed by atoms with Crippen molar-refractivity contribution in [1.29, 1.82) is 0 Å². The molecule has 1 saturated heterocycles. The maximum Gasteiger partial charge on any atom is 0.220 e. The van der Waals surface area contributed by atoms with Gasteiger partial charge in [-0.15, -0.1) is 11.3 Å². The molecule has 0 unspecified atom stereocenters. The Morgan fingerprint density at radius 3 is 2.50 bits per heavy atom. The van der Waals surface area contributed by atoms with E-state index in [9.17, 15) is 9.59 Å². The number of ketones is 1. The summed E-state index contributed by atoms with van der Waals surface area (Å²) in [5.41, 5.74) is 0.679. The molecule has 1 N–H and O–H groups in total. The molecular weight excluding hydrogens is 344 g/mol. The second-order valence-electron chi connectivity index (χ2n) is 6.89. The van der Waals surface area contributed by atoms with Crippen LogP contribution in [0.15, 0.2) is 47.8 Å². The number of rotatable bonds is 8. The minimum Gasteiger partial charge on any atom is -0.356 e.